The van der Waals surface area contributed by atoms with Gasteiger partial charge in [0.15, 0.2) is 0 Å². The Hall–Kier alpha value is -1.30. The second-order valence-corrected chi connectivity index (χ2v) is 6.20. The topological polar surface area (TPSA) is 87.7 Å². The van der Waals surface area contributed by atoms with Crippen LogP contribution in [-0.2, 0) is 9.53 Å². The molecule has 0 atom stereocenters. The molecule has 21 heavy (non-hydrogen) atoms. The summed E-state index contributed by atoms with van der Waals surface area (Å²) in [5, 5.41) is 14.7. The van der Waals surface area contributed by atoms with Crippen molar-refractivity contribution in [2.45, 2.75) is 46.0 Å². The molecule has 0 radical (unpaired) electrons. The van der Waals surface area contributed by atoms with E-state index < -0.39 is 11.4 Å². The zero-order chi connectivity index (χ0) is 15.7. The maximum Gasteiger partial charge on any atom is 0.314 e. The first-order valence-electron chi connectivity index (χ1n) is 7.79. The quantitative estimate of drug-likeness (QED) is 0.568. The maximum atomic E-state index is 11.6. The van der Waals surface area contributed by atoms with Crippen molar-refractivity contribution >= 4 is 12.0 Å². The van der Waals surface area contributed by atoms with E-state index in [1.807, 2.05) is 0 Å². The van der Waals surface area contributed by atoms with E-state index in [9.17, 15) is 14.7 Å². The molecule has 0 aromatic rings. The first-order chi connectivity index (χ1) is 9.96. The van der Waals surface area contributed by atoms with Gasteiger partial charge in [0.1, 0.15) is 0 Å². The van der Waals surface area contributed by atoms with Gasteiger partial charge in [-0.1, -0.05) is 26.7 Å². The number of urea groups is 1. The fourth-order valence-corrected chi connectivity index (χ4v) is 2.49. The van der Waals surface area contributed by atoms with E-state index >= 15 is 0 Å². The van der Waals surface area contributed by atoms with Crippen LogP contribution in [0.25, 0.3) is 0 Å². The van der Waals surface area contributed by atoms with Crippen LogP contribution in [0.3, 0.4) is 0 Å². The molecule has 0 aliphatic heterocycles. The van der Waals surface area contributed by atoms with Crippen molar-refractivity contribution in [3.05, 3.63) is 0 Å². The highest BCUT2D eigenvalue weighted by molar-refractivity contribution is 5.78. The van der Waals surface area contributed by atoms with Gasteiger partial charge < -0.3 is 20.5 Å². The van der Waals surface area contributed by atoms with Gasteiger partial charge in [0, 0.05) is 19.7 Å². The molecule has 1 aliphatic rings. The minimum absolute atomic E-state index is 0.197. The van der Waals surface area contributed by atoms with Crippen LogP contribution in [0.4, 0.5) is 4.79 Å². The molecule has 1 fully saturated rings. The van der Waals surface area contributed by atoms with E-state index in [0.717, 1.165) is 19.3 Å². The minimum atomic E-state index is -0.808. The third-order valence-electron chi connectivity index (χ3n) is 3.97. The highest BCUT2D eigenvalue weighted by atomic mass is 16.5. The molecule has 1 rings (SSSR count). The van der Waals surface area contributed by atoms with Gasteiger partial charge in [-0.2, -0.15) is 0 Å². The molecule has 0 aromatic carbocycles. The summed E-state index contributed by atoms with van der Waals surface area (Å²) in [6.45, 7) is 6.08. The van der Waals surface area contributed by atoms with E-state index in [-0.39, 0.29) is 12.6 Å². The Morgan fingerprint density at radius 3 is 2.43 bits per heavy atom. The number of rotatable bonds is 9. The standard InChI is InChI=1S/C15H28N2O4/c1-12(2)5-9-21-10-8-16-14(20)17-11-15(13(18)19)6-3-4-7-15/h12H,3-11H2,1-2H3,(H,18,19)(H2,16,17,20). The molecule has 0 unspecified atom stereocenters. The Kier molecular flexibility index (Phi) is 7.50. The van der Waals surface area contributed by atoms with E-state index in [1.54, 1.807) is 0 Å². The fraction of sp³-hybridized carbons (Fsp3) is 0.867. The predicted molar refractivity (Wildman–Crippen MR) is 80.2 cm³/mol. The number of aliphatic carboxylic acids is 1. The second-order valence-electron chi connectivity index (χ2n) is 6.20. The fourth-order valence-electron chi connectivity index (χ4n) is 2.49. The number of hydrogen-bond donors (Lipinski definition) is 3. The Labute approximate surface area is 126 Å². The van der Waals surface area contributed by atoms with Crippen molar-refractivity contribution in [2.75, 3.05) is 26.3 Å². The van der Waals surface area contributed by atoms with Gasteiger partial charge in [0.2, 0.25) is 0 Å². The first-order valence-corrected chi connectivity index (χ1v) is 7.79. The third kappa shape index (κ3) is 6.33. The van der Waals surface area contributed by atoms with Crippen molar-refractivity contribution in [3.63, 3.8) is 0 Å². The number of carbonyl (C=O) groups excluding carboxylic acids is 1. The van der Waals surface area contributed by atoms with Crippen LogP contribution < -0.4 is 10.6 Å². The third-order valence-corrected chi connectivity index (χ3v) is 3.97. The minimum Gasteiger partial charge on any atom is -0.481 e. The van der Waals surface area contributed by atoms with E-state index in [1.165, 1.54) is 0 Å². The summed E-state index contributed by atoms with van der Waals surface area (Å²) in [4.78, 5) is 23.0. The highest BCUT2D eigenvalue weighted by Gasteiger charge is 2.41. The lowest BCUT2D eigenvalue weighted by atomic mass is 9.86. The summed E-state index contributed by atoms with van der Waals surface area (Å²) in [6.07, 6.45) is 4.12. The number of nitrogens with one attached hydrogen (secondary N) is 2. The molecule has 0 heterocycles. The van der Waals surface area contributed by atoms with Crippen molar-refractivity contribution in [1.82, 2.24) is 10.6 Å². The Morgan fingerprint density at radius 2 is 1.86 bits per heavy atom. The molecule has 2 amide bonds. The highest BCUT2D eigenvalue weighted by Crippen LogP contribution is 2.37. The predicted octanol–water partition coefficient (Wildman–Crippen LogP) is 1.99. The molecule has 1 saturated carbocycles. The molecule has 6 heteroatoms. The number of carbonyl (C=O) groups is 2. The molecular formula is C15H28N2O4. The van der Waals surface area contributed by atoms with E-state index in [2.05, 4.69) is 24.5 Å². The number of carboxylic acid groups (broad SMARTS) is 1. The molecule has 0 bridgehead atoms. The molecular weight excluding hydrogens is 272 g/mol. The second kappa shape index (κ2) is 8.87. The summed E-state index contributed by atoms with van der Waals surface area (Å²) in [5.74, 6) is -0.197. The number of carboxylic acids is 1. The average Bonchev–Trinajstić information content (AvgIpc) is 2.90. The van der Waals surface area contributed by atoms with Crippen molar-refractivity contribution in [1.29, 1.82) is 0 Å². The number of ether oxygens (including phenoxy) is 1. The Balaban J connectivity index is 2.12. The zero-order valence-corrected chi connectivity index (χ0v) is 13.1. The van der Waals surface area contributed by atoms with Gasteiger partial charge in [-0.05, 0) is 25.2 Å². The zero-order valence-electron chi connectivity index (χ0n) is 13.1. The molecule has 0 aromatic heterocycles. The van der Waals surface area contributed by atoms with Gasteiger partial charge in [-0.15, -0.1) is 0 Å². The molecule has 0 spiro atoms. The van der Waals surface area contributed by atoms with Crippen molar-refractivity contribution < 1.29 is 19.4 Å². The Morgan fingerprint density at radius 1 is 1.19 bits per heavy atom. The summed E-state index contributed by atoms with van der Waals surface area (Å²) in [6, 6.07) is -0.324. The molecule has 3 N–H and O–H groups in total. The van der Waals surface area contributed by atoms with Crippen LogP contribution >= 0.6 is 0 Å². The Bertz CT molecular complexity index is 339. The number of amides is 2. The monoisotopic (exact) mass is 300 g/mol. The van der Waals surface area contributed by atoms with Crippen molar-refractivity contribution in [2.24, 2.45) is 11.3 Å². The van der Waals surface area contributed by atoms with Crippen LogP contribution in [0.2, 0.25) is 0 Å². The molecule has 1 aliphatic carbocycles. The van der Waals surface area contributed by atoms with Crippen LogP contribution in [0.5, 0.6) is 0 Å². The average molecular weight is 300 g/mol. The summed E-state index contributed by atoms with van der Waals surface area (Å²) >= 11 is 0. The summed E-state index contributed by atoms with van der Waals surface area (Å²) in [7, 11) is 0. The van der Waals surface area contributed by atoms with Crippen LogP contribution in [-0.4, -0.2) is 43.4 Å². The van der Waals surface area contributed by atoms with Crippen LogP contribution in [0, 0.1) is 11.3 Å². The van der Waals surface area contributed by atoms with E-state index in [0.29, 0.717) is 38.5 Å². The lowest BCUT2D eigenvalue weighted by Gasteiger charge is -2.24. The summed E-state index contributed by atoms with van der Waals surface area (Å²) < 4.78 is 5.39. The van der Waals surface area contributed by atoms with Crippen LogP contribution in [0.15, 0.2) is 0 Å². The van der Waals surface area contributed by atoms with Gasteiger partial charge in [0.25, 0.3) is 0 Å². The van der Waals surface area contributed by atoms with Gasteiger partial charge >= 0.3 is 12.0 Å². The van der Waals surface area contributed by atoms with Gasteiger partial charge in [-0.3, -0.25) is 4.79 Å². The normalized spacial score (nSPS) is 16.9. The van der Waals surface area contributed by atoms with Crippen LogP contribution in [0.1, 0.15) is 46.0 Å². The number of hydrogen-bond acceptors (Lipinski definition) is 3. The smallest absolute Gasteiger partial charge is 0.314 e. The first kappa shape index (κ1) is 17.8. The van der Waals surface area contributed by atoms with Gasteiger partial charge in [0.05, 0.1) is 12.0 Å². The lowest BCUT2D eigenvalue weighted by molar-refractivity contribution is -0.148. The SMILES string of the molecule is CC(C)CCOCCNC(=O)NCC1(C(=O)O)CCCC1. The molecule has 6 nitrogen and oxygen atoms in total. The largest absolute Gasteiger partial charge is 0.481 e. The van der Waals surface area contributed by atoms with Gasteiger partial charge in [-0.25, -0.2) is 4.79 Å². The van der Waals surface area contributed by atoms with E-state index in [4.69, 9.17) is 4.74 Å². The lowest BCUT2D eigenvalue weighted by Crippen LogP contribution is -2.45. The molecule has 122 valence electrons. The summed E-state index contributed by atoms with van der Waals surface area (Å²) in [5.41, 5.74) is -0.773. The van der Waals surface area contributed by atoms with Crippen molar-refractivity contribution in [3.8, 4) is 0 Å². The maximum absolute atomic E-state index is 11.6. The molecule has 0 saturated heterocycles.